The summed E-state index contributed by atoms with van der Waals surface area (Å²) in [5.74, 6) is -1.05. The number of carboxylic acid groups (broad SMARTS) is 1. The average Bonchev–Trinajstić information content (AvgIpc) is 2.69. The highest BCUT2D eigenvalue weighted by atomic mass is 35.5. The average molecular weight is 309 g/mol. The van der Waals surface area contributed by atoms with Crippen molar-refractivity contribution in [2.45, 2.75) is 33.2 Å². The summed E-state index contributed by atoms with van der Waals surface area (Å²) in [5.41, 5.74) is 0.241. The molecule has 0 aliphatic carbocycles. The maximum absolute atomic E-state index is 12.2. The van der Waals surface area contributed by atoms with Gasteiger partial charge in [0, 0.05) is 10.6 Å². The van der Waals surface area contributed by atoms with E-state index >= 15 is 0 Å². The number of benzene rings is 1. The quantitative estimate of drug-likeness (QED) is 0.901. The second-order valence-electron chi connectivity index (χ2n) is 5.67. The molecular weight excluding hydrogens is 292 g/mol. The van der Waals surface area contributed by atoms with Crippen LogP contribution in [0.25, 0.3) is 0 Å². The Hall–Kier alpha value is -1.88. The summed E-state index contributed by atoms with van der Waals surface area (Å²) >= 11 is 5.98. The van der Waals surface area contributed by atoms with E-state index in [9.17, 15) is 14.7 Å². The van der Waals surface area contributed by atoms with Gasteiger partial charge in [-0.15, -0.1) is 0 Å². The predicted molar refractivity (Wildman–Crippen MR) is 81.1 cm³/mol. The van der Waals surface area contributed by atoms with Crippen molar-refractivity contribution in [3.05, 3.63) is 33.8 Å². The molecule has 21 heavy (non-hydrogen) atoms. The van der Waals surface area contributed by atoms with E-state index in [1.54, 1.807) is 19.9 Å². The summed E-state index contributed by atoms with van der Waals surface area (Å²) in [6.45, 7) is 7.31. The van der Waals surface area contributed by atoms with Crippen LogP contribution in [0, 0.1) is 12.8 Å². The van der Waals surface area contributed by atoms with Crippen molar-refractivity contribution in [2.75, 3.05) is 0 Å². The standard InChI is InChI=1S/C15H17ClN2O3/c1-7(2)15(4)14(21)17-12(18-15)9-5-8(3)11(16)6-10(9)13(19)20/h5-7H,1-4H3,(H,19,20)(H,17,18,21). The van der Waals surface area contributed by atoms with Gasteiger partial charge in [0.2, 0.25) is 0 Å². The number of carbonyl (C=O) groups excluding carboxylic acids is 1. The predicted octanol–water partition coefficient (Wildman–Crippen LogP) is 2.64. The van der Waals surface area contributed by atoms with Gasteiger partial charge in [-0.25, -0.2) is 4.79 Å². The first-order chi connectivity index (χ1) is 9.66. The first-order valence-corrected chi connectivity index (χ1v) is 6.99. The van der Waals surface area contributed by atoms with E-state index in [4.69, 9.17) is 11.6 Å². The lowest BCUT2D eigenvalue weighted by Gasteiger charge is -2.21. The van der Waals surface area contributed by atoms with E-state index in [1.165, 1.54) is 6.07 Å². The molecule has 1 aliphatic heterocycles. The highest BCUT2D eigenvalue weighted by molar-refractivity contribution is 6.32. The van der Waals surface area contributed by atoms with Crippen LogP contribution in [-0.4, -0.2) is 28.4 Å². The van der Waals surface area contributed by atoms with E-state index < -0.39 is 11.5 Å². The number of hydrogen-bond donors (Lipinski definition) is 2. The van der Waals surface area contributed by atoms with Gasteiger partial charge >= 0.3 is 5.97 Å². The van der Waals surface area contributed by atoms with E-state index in [0.717, 1.165) is 5.56 Å². The minimum atomic E-state index is -1.11. The zero-order valence-electron chi connectivity index (χ0n) is 12.3. The molecule has 2 N–H and O–H groups in total. The number of carboxylic acids is 1. The van der Waals surface area contributed by atoms with Crippen molar-refractivity contribution in [1.29, 1.82) is 0 Å². The zero-order chi connectivity index (χ0) is 15.9. The van der Waals surface area contributed by atoms with Crippen LogP contribution in [0.15, 0.2) is 17.1 Å². The van der Waals surface area contributed by atoms with Gasteiger partial charge < -0.3 is 10.4 Å². The Balaban J connectivity index is 2.61. The van der Waals surface area contributed by atoms with E-state index in [0.29, 0.717) is 10.6 Å². The van der Waals surface area contributed by atoms with Gasteiger partial charge in [0.05, 0.1) is 5.56 Å². The second-order valence-corrected chi connectivity index (χ2v) is 6.08. The lowest BCUT2D eigenvalue weighted by atomic mass is 9.89. The molecule has 112 valence electrons. The summed E-state index contributed by atoms with van der Waals surface area (Å²) in [6.07, 6.45) is 0. The fourth-order valence-corrected chi connectivity index (χ4v) is 2.28. The molecule has 5 nitrogen and oxygen atoms in total. The molecule has 1 atom stereocenters. The smallest absolute Gasteiger partial charge is 0.336 e. The third kappa shape index (κ3) is 2.53. The molecule has 0 aromatic heterocycles. The molecule has 1 aliphatic rings. The largest absolute Gasteiger partial charge is 0.478 e. The van der Waals surface area contributed by atoms with Gasteiger partial charge in [-0.05, 0) is 37.5 Å². The molecule has 1 heterocycles. The van der Waals surface area contributed by atoms with Crippen LogP contribution in [0.2, 0.25) is 5.02 Å². The maximum Gasteiger partial charge on any atom is 0.336 e. The molecule has 0 spiro atoms. The highest BCUT2D eigenvalue weighted by Crippen LogP contribution is 2.29. The Kier molecular flexibility index (Phi) is 3.80. The molecule has 0 fully saturated rings. The lowest BCUT2D eigenvalue weighted by Crippen LogP contribution is -2.41. The van der Waals surface area contributed by atoms with Crippen molar-refractivity contribution in [3.63, 3.8) is 0 Å². The van der Waals surface area contributed by atoms with Gasteiger partial charge in [-0.1, -0.05) is 25.4 Å². The molecule has 1 aromatic rings. The van der Waals surface area contributed by atoms with Crippen LogP contribution < -0.4 is 5.32 Å². The van der Waals surface area contributed by atoms with E-state index in [-0.39, 0.29) is 23.2 Å². The molecular formula is C15H17ClN2O3. The minimum Gasteiger partial charge on any atom is -0.478 e. The zero-order valence-corrected chi connectivity index (χ0v) is 13.1. The number of hydrogen-bond acceptors (Lipinski definition) is 3. The second kappa shape index (κ2) is 5.15. The molecule has 0 bridgehead atoms. The fourth-order valence-electron chi connectivity index (χ4n) is 2.12. The fraction of sp³-hybridized carbons (Fsp3) is 0.400. The first kappa shape index (κ1) is 15.5. The van der Waals surface area contributed by atoms with Crippen molar-refractivity contribution >= 4 is 29.3 Å². The number of halogens is 1. The number of aromatic carboxylic acids is 1. The number of aliphatic imine (C=N–C) groups is 1. The van der Waals surface area contributed by atoms with Crippen molar-refractivity contribution in [1.82, 2.24) is 5.32 Å². The van der Waals surface area contributed by atoms with Crippen LogP contribution in [0.3, 0.4) is 0 Å². The summed E-state index contributed by atoms with van der Waals surface area (Å²) < 4.78 is 0. The van der Waals surface area contributed by atoms with Crippen LogP contribution >= 0.6 is 11.6 Å². The number of aryl methyl sites for hydroxylation is 1. The van der Waals surface area contributed by atoms with Crippen molar-refractivity contribution in [3.8, 4) is 0 Å². The van der Waals surface area contributed by atoms with Gasteiger partial charge in [0.15, 0.2) is 0 Å². The molecule has 1 aromatic carbocycles. The van der Waals surface area contributed by atoms with Gasteiger partial charge in [-0.2, -0.15) is 0 Å². The van der Waals surface area contributed by atoms with Crippen molar-refractivity contribution in [2.24, 2.45) is 10.9 Å². The van der Waals surface area contributed by atoms with Crippen molar-refractivity contribution < 1.29 is 14.7 Å². The van der Waals surface area contributed by atoms with Gasteiger partial charge in [0.25, 0.3) is 5.91 Å². The Labute approximate surface area is 128 Å². The number of amides is 1. The Morgan fingerprint density at radius 1 is 1.43 bits per heavy atom. The number of rotatable bonds is 3. The topological polar surface area (TPSA) is 78.8 Å². The lowest BCUT2D eigenvalue weighted by molar-refractivity contribution is -0.124. The van der Waals surface area contributed by atoms with Gasteiger partial charge in [0.1, 0.15) is 11.4 Å². The van der Waals surface area contributed by atoms with Gasteiger partial charge in [-0.3, -0.25) is 9.79 Å². The molecule has 1 unspecified atom stereocenters. The normalized spacial score (nSPS) is 21.4. The van der Waals surface area contributed by atoms with E-state index in [2.05, 4.69) is 10.3 Å². The third-order valence-corrected chi connectivity index (χ3v) is 4.35. The number of nitrogens with zero attached hydrogens (tertiary/aromatic N) is 1. The first-order valence-electron chi connectivity index (χ1n) is 6.62. The molecule has 2 rings (SSSR count). The molecule has 0 saturated carbocycles. The Morgan fingerprint density at radius 3 is 2.52 bits per heavy atom. The van der Waals surface area contributed by atoms with E-state index in [1.807, 2.05) is 13.8 Å². The number of nitrogens with one attached hydrogen (secondary N) is 1. The van der Waals surface area contributed by atoms with Crippen LogP contribution in [0.5, 0.6) is 0 Å². The van der Waals surface area contributed by atoms with Crippen LogP contribution in [0.1, 0.15) is 42.3 Å². The summed E-state index contributed by atoms with van der Waals surface area (Å²) in [5, 5.41) is 12.4. The Bertz CT molecular complexity index is 667. The highest BCUT2D eigenvalue weighted by Gasteiger charge is 2.42. The summed E-state index contributed by atoms with van der Waals surface area (Å²) in [7, 11) is 0. The molecule has 0 saturated heterocycles. The van der Waals surface area contributed by atoms with Crippen LogP contribution in [0.4, 0.5) is 0 Å². The number of carbonyl (C=O) groups is 2. The maximum atomic E-state index is 12.2. The van der Waals surface area contributed by atoms with Crippen LogP contribution in [-0.2, 0) is 4.79 Å². The monoisotopic (exact) mass is 308 g/mol. The molecule has 0 radical (unpaired) electrons. The number of amidine groups is 1. The Morgan fingerprint density at radius 2 is 2.05 bits per heavy atom. The molecule has 6 heteroatoms. The minimum absolute atomic E-state index is 0.00308. The molecule has 1 amide bonds. The third-order valence-electron chi connectivity index (χ3n) is 3.94. The summed E-state index contributed by atoms with van der Waals surface area (Å²) in [6, 6.07) is 3.02. The SMILES string of the molecule is Cc1cc(C2=NC(C)(C(C)C)C(=O)N2)c(C(=O)O)cc1Cl. The summed E-state index contributed by atoms with van der Waals surface area (Å²) in [4.78, 5) is 28.0.